The summed E-state index contributed by atoms with van der Waals surface area (Å²) in [4.78, 5) is 45.1. The van der Waals surface area contributed by atoms with Gasteiger partial charge in [-0.15, -0.1) is 0 Å². The number of aromatic carboxylic acids is 1. The Balaban J connectivity index is 2.22. The number of nitrogens with zero attached hydrogens (tertiary/aromatic N) is 1. The van der Waals surface area contributed by atoms with E-state index in [4.69, 9.17) is 4.74 Å². The molecule has 0 heterocycles. The number of hydrogen-bond donors (Lipinski definition) is 3. The number of anilines is 2. The highest BCUT2D eigenvalue weighted by molar-refractivity contribution is 6.06. The van der Waals surface area contributed by atoms with Crippen LogP contribution < -0.4 is 10.6 Å². The second-order valence-electron chi connectivity index (χ2n) is 5.17. The van der Waals surface area contributed by atoms with Crippen LogP contribution in [0.5, 0.6) is 0 Å². The first-order valence-electron chi connectivity index (χ1n) is 7.68. The van der Waals surface area contributed by atoms with Gasteiger partial charge in [0.25, 0.3) is 11.6 Å². The molecule has 0 aliphatic carbocycles. The second kappa shape index (κ2) is 8.43. The molecule has 0 aliphatic heterocycles. The van der Waals surface area contributed by atoms with Gasteiger partial charge in [-0.3, -0.25) is 20.2 Å². The Bertz CT molecular complexity index is 894. The zero-order valence-corrected chi connectivity index (χ0v) is 14.1. The number of hydrogen-bond acceptors (Lipinski definition) is 6. The van der Waals surface area contributed by atoms with Crippen molar-refractivity contribution in [2.75, 3.05) is 17.2 Å². The van der Waals surface area contributed by atoms with E-state index >= 15 is 0 Å². The minimum atomic E-state index is -1.27. The van der Waals surface area contributed by atoms with Gasteiger partial charge in [0.15, 0.2) is 0 Å². The van der Waals surface area contributed by atoms with Gasteiger partial charge in [0.05, 0.1) is 22.8 Å². The summed E-state index contributed by atoms with van der Waals surface area (Å²) in [5.41, 5.74) is -0.00455. The highest BCUT2D eigenvalue weighted by atomic mass is 16.6. The monoisotopic (exact) mass is 373 g/mol. The number of carboxylic acid groups (broad SMARTS) is 1. The topological polar surface area (TPSA) is 148 Å². The highest BCUT2D eigenvalue weighted by Crippen LogP contribution is 2.22. The van der Waals surface area contributed by atoms with Crippen LogP contribution >= 0.6 is 0 Å². The number of ether oxygens (including phenoxy) is 1. The van der Waals surface area contributed by atoms with Crippen molar-refractivity contribution >= 4 is 35.0 Å². The smallest absolute Gasteiger partial charge is 0.411 e. The molecule has 140 valence electrons. The van der Waals surface area contributed by atoms with Crippen LogP contribution in [0.4, 0.5) is 21.9 Å². The first kappa shape index (κ1) is 19.4. The first-order chi connectivity index (χ1) is 12.8. The van der Waals surface area contributed by atoms with Crippen LogP contribution in [0.25, 0.3) is 0 Å². The third-order valence-electron chi connectivity index (χ3n) is 3.36. The van der Waals surface area contributed by atoms with E-state index in [-0.39, 0.29) is 34.8 Å². The summed E-state index contributed by atoms with van der Waals surface area (Å²) in [5, 5.41) is 24.7. The maximum atomic E-state index is 12.2. The van der Waals surface area contributed by atoms with Crippen molar-refractivity contribution < 1.29 is 29.2 Å². The summed E-state index contributed by atoms with van der Waals surface area (Å²) < 4.78 is 4.72. The molecular weight excluding hydrogens is 358 g/mol. The minimum absolute atomic E-state index is 0.0533. The van der Waals surface area contributed by atoms with Crippen LogP contribution in [0.1, 0.15) is 27.6 Å². The Morgan fingerprint density at radius 1 is 1.11 bits per heavy atom. The quantitative estimate of drug-likeness (QED) is 0.520. The summed E-state index contributed by atoms with van der Waals surface area (Å²) in [6.45, 7) is 1.70. The van der Waals surface area contributed by atoms with Crippen LogP contribution in [-0.2, 0) is 4.74 Å². The molecule has 10 heteroatoms. The number of non-ortho nitro benzene ring substituents is 1. The lowest BCUT2D eigenvalue weighted by molar-refractivity contribution is -0.384. The van der Waals surface area contributed by atoms with E-state index in [1.165, 1.54) is 42.5 Å². The zero-order valence-electron chi connectivity index (χ0n) is 14.1. The van der Waals surface area contributed by atoms with E-state index < -0.39 is 22.9 Å². The molecule has 0 atom stereocenters. The Hall–Kier alpha value is -3.95. The van der Waals surface area contributed by atoms with Gasteiger partial charge >= 0.3 is 12.1 Å². The number of benzene rings is 2. The second-order valence-corrected chi connectivity index (χ2v) is 5.17. The molecule has 0 saturated heterocycles. The van der Waals surface area contributed by atoms with Crippen LogP contribution in [0.2, 0.25) is 0 Å². The Labute approximate surface area is 152 Å². The van der Waals surface area contributed by atoms with E-state index in [0.717, 1.165) is 0 Å². The van der Waals surface area contributed by atoms with Gasteiger partial charge in [-0.2, -0.15) is 0 Å². The van der Waals surface area contributed by atoms with Crippen molar-refractivity contribution in [1.29, 1.82) is 0 Å². The van der Waals surface area contributed by atoms with Gasteiger partial charge < -0.3 is 15.2 Å². The van der Waals surface area contributed by atoms with Crippen molar-refractivity contribution in [1.82, 2.24) is 0 Å². The van der Waals surface area contributed by atoms with Crippen LogP contribution in [-0.4, -0.2) is 34.6 Å². The van der Waals surface area contributed by atoms with Gasteiger partial charge in [0.1, 0.15) is 0 Å². The fourth-order valence-corrected chi connectivity index (χ4v) is 2.13. The molecule has 2 rings (SSSR count). The van der Waals surface area contributed by atoms with Crippen LogP contribution in [0.3, 0.4) is 0 Å². The van der Waals surface area contributed by atoms with Crippen molar-refractivity contribution in [3.8, 4) is 0 Å². The summed E-state index contributed by atoms with van der Waals surface area (Å²) in [5.74, 6) is -1.83. The van der Waals surface area contributed by atoms with Gasteiger partial charge in [-0.1, -0.05) is 0 Å². The number of carbonyl (C=O) groups is 3. The Morgan fingerprint density at radius 3 is 2.33 bits per heavy atom. The predicted molar refractivity (Wildman–Crippen MR) is 95.1 cm³/mol. The van der Waals surface area contributed by atoms with Crippen molar-refractivity contribution in [2.45, 2.75) is 6.92 Å². The van der Waals surface area contributed by atoms with E-state index in [1.54, 1.807) is 6.92 Å². The number of nitro benzene ring substituents is 1. The number of rotatable bonds is 6. The zero-order chi connectivity index (χ0) is 20.0. The third kappa shape index (κ3) is 5.01. The van der Waals surface area contributed by atoms with Gasteiger partial charge in [0, 0.05) is 23.4 Å². The fourth-order valence-electron chi connectivity index (χ4n) is 2.13. The molecule has 27 heavy (non-hydrogen) atoms. The van der Waals surface area contributed by atoms with Crippen molar-refractivity contribution in [2.24, 2.45) is 0 Å². The molecule has 0 aliphatic rings. The molecule has 0 radical (unpaired) electrons. The van der Waals surface area contributed by atoms with E-state index in [1.807, 2.05) is 0 Å². The molecule has 0 fully saturated rings. The van der Waals surface area contributed by atoms with Crippen molar-refractivity contribution in [3.05, 3.63) is 63.7 Å². The van der Waals surface area contributed by atoms with Gasteiger partial charge in [0.2, 0.25) is 0 Å². The molecule has 0 spiro atoms. The van der Waals surface area contributed by atoms with Gasteiger partial charge in [-0.25, -0.2) is 9.59 Å². The number of carboxylic acids is 1. The normalized spacial score (nSPS) is 9.96. The van der Waals surface area contributed by atoms with Crippen LogP contribution in [0.15, 0.2) is 42.5 Å². The van der Waals surface area contributed by atoms with Gasteiger partial charge in [-0.05, 0) is 37.3 Å². The summed E-state index contributed by atoms with van der Waals surface area (Å²) >= 11 is 0. The molecular formula is C17H15N3O7. The van der Waals surface area contributed by atoms with E-state index in [9.17, 15) is 29.6 Å². The lowest BCUT2D eigenvalue weighted by Crippen LogP contribution is -2.17. The lowest BCUT2D eigenvalue weighted by atomic mass is 10.1. The molecule has 0 saturated carbocycles. The maximum absolute atomic E-state index is 12.2. The van der Waals surface area contributed by atoms with Crippen molar-refractivity contribution in [3.63, 3.8) is 0 Å². The van der Waals surface area contributed by atoms with E-state index in [0.29, 0.717) is 0 Å². The SMILES string of the molecule is CCOC(=O)Nc1cc(NC(=O)c2ccc([N+](=O)[O-])cc2)ccc1C(=O)O. The Morgan fingerprint density at radius 2 is 1.78 bits per heavy atom. The third-order valence-corrected chi connectivity index (χ3v) is 3.36. The Kier molecular flexibility index (Phi) is 6.05. The molecule has 2 aromatic rings. The van der Waals surface area contributed by atoms with Crippen LogP contribution in [0, 0.1) is 10.1 Å². The average molecular weight is 373 g/mol. The summed E-state index contributed by atoms with van der Waals surface area (Å²) in [6.07, 6.45) is -0.834. The molecule has 2 aromatic carbocycles. The average Bonchev–Trinajstić information content (AvgIpc) is 2.61. The molecule has 0 unspecified atom stereocenters. The summed E-state index contributed by atoms with van der Waals surface area (Å²) in [6, 6.07) is 8.79. The predicted octanol–water partition coefficient (Wildman–Crippen LogP) is 3.11. The molecule has 10 nitrogen and oxygen atoms in total. The number of carbonyl (C=O) groups excluding carboxylic acids is 2. The maximum Gasteiger partial charge on any atom is 0.411 e. The molecule has 0 aromatic heterocycles. The number of nitro groups is 1. The largest absolute Gasteiger partial charge is 0.478 e. The van der Waals surface area contributed by atoms with E-state index in [2.05, 4.69) is 10.6 Å². The molecule has 3 N–H and O–H groups in total. The minimum Gasteiger partial charge on any atom is -0.478 e. The molecule has 0 bridgehead atoms. The molecule has 2 amide bonds. The summed E-state index contributed by atoms with van der Waals surface area (Å²) in [7, 11) is 0. The lowest BCUT2D eigenvalue weighted by Gasteiger charge is -2.11. The number of amides is 2. The fraction of sp³-hybridized carbons (Fsp3) is 0.118. The first-order valence-corrected chi connectivity index (χ1v) is 7.68. The standard InChI is InChI=1S/C17H15N3O7/c1-2-27-17(24)19-14-9-11(5-8-13(14)16(22)23)18-15(21)10-3-6-12(7-4-10)20(25)26/h3-9H,2H2,1H3,(H,18,21)(H,19,24)(H,22,23). The number of nitrogens with one attached hydrogen (secondary N) is 2. The highest BCUT2D eigenvalue weighted by Gasteiger charge is 2.15.